The van der Waals surface area contributed by atoms with Crippen molar-refractivity contribution in [2.45, 2.75) is 6.16 Å². The van der Waals surface area contributed by atoms with Crippen molar-refractivity contribution in [3.8, 4) is 0 Å². The highest BCUT2D eigenvalue weighted by Crippen LogP contribution is 2.18. The van der Waals surface area contributed by atoms with E-state index >= 15 is 0 Å². The van der Waals surface area contributed by atoms with Gasteiger partial charge in [-0.05, 0) is 18.1 Å². The number of hydrogen-bond donors (Lipinski definition) is 0. The molecule has 0 heterocycles. The van der Waals surface area contributed by atoms with Gasteiger partial charge in [0.05, 0.1) is 0 Å². The van der Waals surface area contributed by atoms with Crippen molar-refractivity contribution in [2.75, 3.05) is 0 Å². The highest BCUT2D eigenvalue weighted by molar-refractivity contribution is 4.18. The lowest BCUT2D eigenvalue weighted by Gasteiger charge is -2.10. The van der Waals surface area contributed by atoms with Crippen molar-refractivity contribution in [2.24, 2.45) is 0 Å². The summed E-state index contributed by atoms with van der Waals surface area (Å²) in [5.74, 6) is 0. The first kappa shape index (κ1) is 8.56. The summed E-state index contributed by atoms with van der Waals surface area (Å²) < 4.78 is 42.9. The molecule has 0 saturated heterocycles. The van der Waals surface area contributed by atoms with E-state index in [9.17, 15) is 18.1 Å². The van der Waals surface area contributed by atoms with Gasteiger partial charge in [0.15, 0.2) is 0 Å². The van der Waals surface area contributed by atoms with Crippen LogP contribution < -0.4 is 0 Å². The zero-order chi connectivity index (χ0) is 7.33. The Bertz CT molecular complexity index is 55.5. The average molecular weight is 152 g/mol. The fraction of sp³-hybridized carbons (Fsp3) is 1.00. The van der Waals surface area contributed by atoms with E-state index in [2.05, 4.69) is 19.8 Å². The molecule has 0 aromatic carbocycles. The molecule has 0 aliphatic rings. The van der Waals surface area contributed by atoms with Crippen LogP contribution in [0, 0.1) is 0 Å². The molecule has 0 radical (unpaired) electrons. The van der Waals surface area contributed by atoms with Gasteiger partial charge < -0.3 is 0 Å². The van der Waals surface area contributed by atoms with Gasteiger partial charge in [0.25, 0.3) is 0 Å². The summed E-state index contributed by atoms with van der Waals surface area (Å²) in [4.78, 5) is 8.38. The molecule has 0 N–H and O–H groups in total. The Morgan fingerprint density at radius 2 is 0.889 bits per heavy atom. The summed E-state index contributed by atoms with van der Waals surface area (Å²) >= 11 is 0. The Hall–Kier alpha value is -0.440. The largest absolute Gasteiger partial charge is 0.535 e. The SMILES string of the molecule is FOC(OF)(OF)OF. The van der Waals surface area contributed by atoms with Gasteiger partial charge in [-0.1, -0.05) is 19.8 Å². The van der Waals surface area contributed by atoms with Gasteiger partial charge >= 0.3 is 6.16 Å². The van der Waals surface area contributed by atoms with Crippen LogP contribution in [0.2, 0.25) is 0 Å². The molecule has 0 rings (SSSR count). The Morgan fingerprint density at radius 1 is 0.667 bits per heavy atom. The summed E-state index contributed by atoms with van der Waals surface area (Å²) in [5, 5.41) is 0. The number of halogens is 4. The Balaban J connectivity index is 3.82. The van der Waals surface area contributed by atoms with Gasteiger partial charge in [-0.2, -0.15) is 0 Å². The molecule has 56 valence electrons. The second-order valence-electron chi connectivity index (χ2n) is 0.809. The smallest absolute Gasteiger partial charge is 0.0929 e. The molecule has 9 heavy (non-hydrogen) atoms. The van der Waals surface area contributed by atoms with E-state index in [0.29, 0.717) is 0 Å². The van der Waals surface area contributed by atoms with Crippen molar-refractivity contribution in [1.82, 2.24) is 0 Å². The number of rotatable bonds is 4. The minimum atomic E-state index is -4.00. The Labute approximate surface area is 45.5 Å². The number of hydrogen-bond acceptors (Lipinski definition) is 4. The zero-order valence-electron chi connectivity index (χ0n) is 3.64. The van der Waals surface area contributed by atoms with Crippen molar-refractivity contribution in [1.29, 1.82) is 0 Å². The lowest BCUT2D eigenvalue weighted by atomic mass is 11.2. The van der Waals surface area contributed by atoms with Crippen molar-refractivity contribution in [3.05, 3.63) is 0 Å². The van der Waals surface area contributed by atoms with Crippen molar-refractivity contribution in [3.63, 3.8) is 0 Å². The standard InChI is InChI=1S/CF4O4/c2-6-1(7-3,8-4)9-5. The van der Waals surface area contributed by atoms with Crippen molar-refractivity contribution < 1.29 is 37.9 Å². The fourth-order valence-corrected chi connectivity index (χ4v) is 0.0714. The minimum absolute atomic E-state index is 2.09. The summed E-state index contributed by atoms with van der Waals surface area (Å²) in [5.41, 5.74) is 0. The molecule has 0 spiro atoms. The van der Waals surface area contributed by atoms with Crippen molar-refractivity contribution >= 4 is 0 Å². The molecule has 4 nitrogen and oxygen atoms in total. The quantitative estimate of drug-likeness (QED) is 0.448. The summed E-state index contributed by atoms with van der Waals surface area (Å²) in [6.45, 7) is 0. The molecule has 0 atom stereocenters. The van der Waals surface area contributed by atoms with Gasteiger partial charge in [-0.15, -0.1) is 0 Å². The molecule has 0 aliphatic carbocycles. The maximum atomic E-state index is 10.7. The molecule has 0 saturated carbocycles. The first-order valence-electron chi connectivity index (χ1n) is 1.43. The molecule has 0 aromatic rings. The molecule has 8 heteroatoms. The van der Waals surface area contributed by atoms with Gasteiger partial charge in [0.2, 0.25) is 0 Å². The third-order valence-corrected chi connectivity index (χ3v) is 0.378. The molecule has 0 unspecified atom stereocenters. The summed E-state index contributed by atoms with van der Waals surface area (Å²) in [7, 11) is 0. The highest BCUT2D eigenvalue weighted by Gasteiger charge is 2.43. The van der Waals surface area contributed by atoms with Crippen LogP contribution in [-0.2, 0) is 19.8 Å². The second kappa shape index (κ2) is 3.56. The van der Waals surface area contributed by atoms with Gasteiger partial charge in [-0.3, -0.25) is 0 Å². The maximum absolute atomic E-state index is 10.7. The topological polar surface area (TPSA) is 36.9 Å². The molecule has 0 aromatic heterocycles. The zero-order valence-corrected chi connectivity index (χ0v) is 3.64. The average Bonchev–Trinajstić information content (AvgIpc) is 1.95. The van der Waals surface area contributed by atoms with E-state index in [1.807, 2.05) is 0 Å². The van der Waals surface area contributed by atoms with E-state index in [0.717, 1.165) is 0 Å². The van der Waals surface area contributed by atoms with Crippen LogP contribution in [0.4, 0.5) is 18.1 Å². The Morgan fingerprint density at radius 3 is 0.889 bits per heavy atom. The van der Waals surface area contributed by atoms with Gasteiger partial charge in [0, 0.05) is 0 Å². The van der Waals surface area contributed by atoms with E-state index in [1.165, 1.54) is 0 Å². The normalized spacial score (nSPS) is 12.0. The third-order valence-electron chi connectivity index (χ3n) is 0.378. The monoisotopic (exact) mass is 152 g/mol. The first-order chi connectivity index (χ1) is 4.24. The lowest BCUT2D eigenvalue weighted by molar-refractivity contribution is -0.659. The molecule has 0 fully saturated rings. The predicted molar refractivity (Wildman–Crippen MR) is 11.5 cm³/mol. The van der Waals surface area contributed by atoms with E-state index in [1.54, 1.807) is 0 Å². The van der Waals surface area contributed by atoms with E-state index < -0.39 is 6.16 Å². The van der Waals surface area contributed by atoms with Crippen LogP contribution in [0.1, 0.15) is 0 Å². The first-order valence-corrected chi connectivity index (χ1v) is 1.43. The molecule has 0 aliphatic heterocycles. The van der Waals surface area contributed by atoms with Crippen LogP contribution in [0.15, 0.2) is 0 Å². The van der Waals surface area contributed by atoms with E-state index in [4.69, 9.17) is 0 Å². The van der Waals surface area contributed by atoms with Crippen LogP contribution >= 0.6 is 0 Å². The second-order valence-corrected chi connectivity index (χ2v) is 0.809. The van der Waals surface area contributed by atoms with Crippen LogP contribution in [0.5, 0.6) is 0 Å². The van der Waals surface area contributed by atoms with Crippen LogP contribution in [0.3, 0.4) is 0 Å². The lowest BCUT2D eigenvalue weighted by Crippen LogP contribution is -2.32. The molecule has 0 amide bonds. The maximum Gasteiger partial charge on any atom is 0.535 e. The van der Waals surface area contributed by atoms with Gasteiger partial charge in [-0.25, -0.2) is 0 Å². The predicted octanol–water partition coefficient (Wildman–Crippen LogP) is 1.20. The third kappa shape index (κ3) is 1.75. The van der Waals surface area contributed by atoms with Crippen LogP contribution in [0.25, 0.3) is 0 Å². The summed E-state index contributed by atoms with van der Waals surface area (Å²) in [6, 6.07) is 0. The molecular formula is CF4O4. The summed E-state index contributed by atoms with van der Waals surface area (Å²) in [6.07, 6.45) is -4.00. The van der Waals surface area contributed by atoms with Crippen LogP contribution in [-0.4, -0.2) is 6.16 Å². The highest BCUT2D eigenvalue weighted by atomic mass is 19.4. The minimum Gasteiger partial charge on any atom is -0.0929 e. The van der Waals surface area contributed by atoms with Gasteiger partial charge in [0.1, 0.15) is 0 Å². The molecular weight excluding hydrogens is 152 g/mol. The molecule has 0 bridgehead atoms. The van der Waals surface area contributed by atoms with E-state index in [-0.39, 0.29) is 0 Å². The fourth-order valence-electron chi connectivity index (χ4n) is 0.0714. The Kier molecular flexibility index (Phi) is 3.39.